The summed E-state index contributed by atoms with van der Waals surface area (Å²) in [4.78, 5) is 25.2. The molecule has 0 aliphatic heterocycles. The lowest BCUT2D eigenvalue weighted by Gasteiger charge is -2.14. The van der Waals surface area contributed by atoms with Crippen molar-refractivity contribution >= 4 is 40.5 Å². The highest BCUT2D eigenvalue weighted by atomic mass is 32.1. The lowest BCUT2D eigenvalue weighted by molar-refractivity contribution is 0.0976. The number of rotatable bonds is 9. The lowest BCUT2D eigenvalue weighted by Crippen LogP contribution is -2.34. The van der Waals surface area contributed by atoms with Crippen molar-refractivity contribution in [3.05, 3.63) is 90.0 Å². The molecule has 2 amide bonds. The molecule has 170 valence electrons. The average Bonchev–Trinajstić information content (AvgIpc) is 2.83. The lowest BCUT2D eigenvalue weighted by atomic mass is 10.1. The highest BCUT2D eigenvalue weighted by Gasteiger charge is 2.14. The summed E-state index contributed by atoms with van der Waals surface area (Å²) in [6.45, 7) is 3.50. The number of ether oxygens (including phenoxy) is 2. The fourth-order valence-corrected chi connectivity index (χ4v) is 3.11. The first-order valence-electron chi connectivity index (χ1n) is 10.4. The first kappa shape index (κ1) is 23.9. The predicted octanol–water partition coefficient (Wildman–Crippen LogP) is 4.48. The topological polar surface area (TPSA) is 88.7 Å². The van der Waals surface area contributed by atoms with Crippen LogP contribution in [0.15, 0.2) is 78.9 Å². The van der Waals surface area contributed by atoms with Crippen LogP contribution in [0, 0.1) is 0 Å². The summed E-state index contributed by atoms with van der Waals surface area (Å²) in [6, 6.07) is 22.8. The van der Waals surface area contributed by atoms with Gasteiger partial charge in [-0.2, -0.15) is 0 Å². The molecule has 0 aromatic heterocycles. The van der Waals surface area contributed by atoms with Crippen LogP contribution >= 0.6 is 12.2 Å². The van der Waals surface area contributed by atoms with Crippen molar-refractivity contribution < 1.29 is 19.1 Å². The largest absolute Gasteiger partial charge is 0.491 e. The van der Waals surface area contributed by atoms with E-state index in [-0.39, 0.29) is 16.9 Å². The molecule has 0 unspecified atom stereocenters. The van der Waals surface area contributed by atoms with Crippen molar-refractivity contribution in [2.24, 2.45) is 0 Å². The van der Waals surface area contributed by atoms with Crippen LogP contribution in [0.5, 0.6) is 5.75 Å². The third-order valence-electron chi connectivity index (χ3n) is 4.50. The number of amides is 2. The van der Waals surface area contributed by atoms with Gasteiger partial charge in [-0.25, -0.2) is 0 Å². The maximum atomic E-state index is 12.7. The fraction of sp³-hybridized carbons (Fsp3) is 0.160. The van der Waals surface area contributed by atoms with Crippen LogP contribution < -0.4 is 20.7 Å². The molecule has 0 bridgehead atoms. The van der Waals surface area contributed by atoms with E-state index in [1.54, 1.807) is 60.7 Å². The molecule has 0 fully saturated rings. The van der Waals surface area contributed by atoms with Gasteiger partial charge in [-0.1, -0.05) is 30.3 Å². The molecule has 8 heteroatoms. The Hall–Kier alpha value is -3.75. The standard InChI is InChI=1S/C25H25N3O4S/c1-2-31-16-17-32-20-14-12-18(13-15-20)23(29)28-25(33)27-22-11-7-6-10-21(22)24(30)26-19-8-4-3-5-9-19/h3-15H,2,16-17H2,1H3,(H,26,30)(H2,27,28,29,33). The Balaban J connectivity index is 1.57. The van der Waals surface area contributed by atoms with Gasteiger partial charge in [0.25, 0.3) is 11.8 Å². The Morgan fingerprint density at radius 1 is 0.818 bits per heavy atom. The average molecular weight is 464 g/mol. The van der Waals surface area contributed by atoms with Crippen LogP contribution in [0.3, 0.4) is 0 Å². The van der Waals surface area contributed by atoms with Gasteiger partial charge < -0.3 is 20.1 Å². The number of para-hydroxylation sites is 2. The summed E-state index contributed by atoms with van der Waals surface area (Å²) >= 11 is 5.28. The quantitative estimate of drug-likeness (QED) is 0.320. The molecule has 0 spiro atoms. The maximum Gasteiger partial charge on any atom is 0.257 e. The minimum Gasteiger partial charge on any atom is -0.491 e. The molecule has 3 N–H and O–H groups in total. The summed E-state index contributed by atoms with van der Waals surface area (Å²) in [7, 11) is 0. The summed E-state index contributed by atoms with van der Waals surface area (Å²) in [5.74, 6) is -0.0248. The normalized spacial score (nSPS) is 10.2. The molecule has 0 radical (unpaired) electrons. The Labute approximate surface area is 198 Å². The number of thiocarbonyl (C=S) groups is 1. The Morgan fingerprint density at radius 2 is 1.52 bits per heavy atom. The van der Waals surface area contributed by atoms with E-state index in [1.165, 1.54) is 0 Å². The number of nitrogens with one attached hydrogen (secondary N) is 3. The van der Waals surface area contributed by atoms with Gasteiger partial charge in [0.15, 0.2) is 5.11 Å². The van der Waals surface area contributed by atoms with E-state index in [2.05, 4.69) is 16.0 Å². The van der Waals surface area contributed by atoms with Crippen molar-refractivity contribution in [1.29, 1.82) is 0 Å². The Bertz CT molecular complexity index is 1090. The van der Waals surface area contributed by atoms with Gasteiger partial charge in [-0.05, 0) is 67.7 Å². The van der Waals surface area contributed by atoms with E-state index < -0.39 is 0 Å². The number of anilines is 2. The molecule has 0 saturated heterocycles. The molecule has 3 rings (SSSR count). The van der Waals surface area contributed by atoms with E-state index >= 15 is 0 Å². The first-order chi connectivity index (χ1) is 16.1. The number of carbonyl (C=O) groups excluding carboxylic acids is 2. The van der Waals surface area contributed by atoms with Crippen molar-refractivity contribution in [1.82, 2.24) is 5.32 Å². The van der Waals surface area contributed by atoms with E-state index in [0.29, 0.717) is 48.1 Å². The summed E-state index contributed by atoms with van der Waals surface area (Å²) < 4.78 is 10.8. The molecular weight excluding hydrogens is 438 g/mol. The second kappa shape index (κ2) is 12.3. The molecule has 3 aromatic carbocycles. The van der Waals surface area contributed by atoms with Crippen LogP contribution in [0.25, 0.3) is 0 Å². The zero-order chi connectivity index (χ0) is 23.5. The van der Waals surface area contributed by atoms with Gasteiger partial charge in [0, 0.05) is 17.9 Å². The smallest absolute Gasteiger partial charge is 0.257 e. The number of benzene rings is 3. The molecule has 0 aliphatic rings. The van der Waals surface area contributed by atoms with E-state index in [0.717, 1.165) is 0 Å². The SMILES string of the molecule is CCOCCOc1ccc(C(=O)NC(=S)Nc2ccccc2C(=O)Nc2ccccc2)cc1. The number of hydrogen-bond donors (Lipinski definition) is 3. The molecule has 33 heavy (non-hydrogen) atoms. The van der Waals surface area contributed by atoms with Crippen LogP contribution in [0.4, 0.5) is 11.4 Å². The third kappa shape index (κ3) is 7.41. The van der Waals surface area contributed by atoms with Gasteiger partial charge >= 0.3 is 0 Å². The second-order valence-corrected chi connectivity index (χ2v) is 7.25. The predicted molar refractivity (Wildman–Crippen MR) is 133 cm³/mol. The highest BCUT2D eigenvalue weighted by Crippen LogP contribution is 2.18. The van der Waals surface area contributed by atoms with Crippen LogP contribution in [0.2, 0.25) is 0 Å². The molecule has 7 nitrogen and oxygen atoms in total. The summed E-state index contributed by atoms with van der Waals surface area (Å²) in [5, 5.41) is 8.47. The minimum atomic E-state index is -0.375. The van der Waals surface area contributed by atoms with E-state index in [4.69, 9.17) is 21.7 Å². The molecular formula is C25H25N3O4S. The number of carbonyl (C=O) groups is 2. The molecule has 0 aliphatic carbocycles. The molecule has 3 aromatic rings. The second-order valence-electron chi connectivity index (χ2n) is 6.84. The van der Waals surface area contributed by atoms with Gasteiger partial charge in [0.05, 0.1) is 17.9 Å². The van der Waals surface area contributed by atoms with Crippen molar-refractivity contribution in [3.63, 3.8) is 0 Å². The maximum absolute atomic E-state index is 12.7. The van der Waals surface area contributed by atoms with Gasteiger partial charge in [-0.15, -0.1) is 0 Å². The third-order valence-corrected chi connectivity index (χ3v) is 4.70. The molecule has 0 atom stereocenters. The van der Waals surface area contributed by atoms with Crippen LogP contribution in [-0.4, -0.2) is 36.7 Å². The van der Waals surface area contributed by atoms with E-state index in [9.17, 15) is 9.59 Å². The zero-order valence-electron chi connectivity index (χ0n) is 18.2. The first-order valence-corrected chi connectivity index (χ1v) is 10.9. The zero-order valence-corrected chi connectivity index (χ0v) is 19.0. The summed E-state index contributed by atoms with van der Waals surface area (Å²) in [5.41, 5.74) is 1.98. The minimum absolute atomic E-state index is 0.0806. The monoisotopic (exact) mass is 463 g/mol. The van der Waals surface area contributed by atoms with Crippen molar-refractivity contribution in [2.75, 3.05) is 30.5 Å². The van der Waals surface area contributed by atoms with Crippen molar-refractivity contribution in [3.8, 4) is 5.75 Å². The van der Waals surface area contributed by atoms with E-state index in [1.807, 2.05) is 25.1 Å². The van der Waals surface area contributed by atoms with Gasteiger partial charge in [0.1, 0.15) is 12.4 Å². The Morgan fingerprint density at radius 3 is 2.24 bits per heavy atom. The van der Waals surface area contributed by atoms with Gasteiger partial charge in [0.2, 0.25) is 0 Å². The van der Waals surface area contributed by atoms with Crippen molar-refractivity contribution in [2.45, 2.75) is 6.92 Å². The fourth-order valence-electron chi connectivity index (χ4n) is 2.90. The highest BCUT2D eigenvalue weighted by molar-refractivity contribution is 7.80. The molecule has 0 saturated carbocycles. The Kier molecular flexibility index (Phi) is 8.93. The van der Waals surface area contributed by atoms with Gasteiger partial charge in [-0.3, -0.25) is 14.9 Å². The van der Waals surface area contributed by atoms with Crippen LogP contribution in [-0.2, 0) is 4.74 Å². The molecule has 0 heterocycles. The van der Waals surface area contributed by atoms with Crippen LogP contribution in [0.1, 0.15) is 27.6 Å². The summed E-state index contributed by atoms with van der Waals surface area (Å²) in [6.07, 6.45) is 0. The number of hydrogen-bond acceptors (Lipinski definition) is 5.